The molecule has 10 heavy (non-hydrogen) atoms. The minimum atomic E-state index is 0.712. The van der Waals surface area contributed by atoms with Crippen molar-refractivity contribution in [1.82, 2.24) is 5.32 Å². The standard InChI is InChI=1S/C6H13NO.CH5N/c1-7-6-2-4-8-5-3-6;1-2/h6-7H,2-5H2,1H3;2H2,1H3. The maximum atomic E-state index is 5.16. The van der Waals surface area contributed by atoms with Crippen molar-refractivity contribution in [1.29, 1.82) is 0 Å². The third-order valence-electron chi connectivity index (χ3n) is 1.63. The topological polar surface area (TPSA) is 47.3 Å². The van der Waals surface area contributed by atoms with Crippen molar-refractivity contribution in [3.05, 3.63) is 0 Å². The molecule has 0 spiro atoms. The van der Waals surface area contributed by atoms with Gasteiger partial charge in [-0.2, -0.15) is 0 Å². The number of hydrogen-bond donors (Lipinski definition) is 2. The molecule has 0 aromatic carbocycles. The second-order valence-electron chi connectivity index (χ2n) is 2.18. The lowest BCUT2D eigenvalue weighted by atomic mass is 10.1. The van der Waals surface area contributed by atoms with Crippen LogP contribution < -0.4 is 11.1 Å². The van der Waals surface area contributed by atoms with Gasteiger partial charge in [-0.05, 0) is 26.9 Å². The zero-order valence-corrected chi connectivity index (χ0v) is 6.89. The van der Waals surface area contributed by atoms with Crippen LogP contribution in [0.3, 0.4) is 0 Å². The Labute approximate surface area is 62.9 Å². The summed E-state index contributed by atoms with van der Waals surface area (Å²) >= 11 is 0. The minimum Gasteiger partial charge on any atom is -0.381 e. The van der Waals surface area contributed by atoms with E-state index in [2.05, 4.69) is 11.1 Å². The Morgan fingerprint density at radius 2 is 1.80 bits per heavy atom. The average Bonchev–Trinajstić information content (AvgIpc) is 2.10. The molecule has 1 fully saturated rings. The van der Waals surface area contributed by atoms with Crippen LogP contribution in [0.1, 0.15) is 12.8 Å². The summed E-state index contributed by atoms with van der Waals surface area (Å²) in [5.74, 6) is 0. The van der Waals surface area contributed by atoms with Gasteiger partial charge in [0.2, 0.25) is 0 Å². The Morgan fingerprint density at radius 3 is 2.10 bits per heavy atom. The van der Waals surface area contributed by atoms with E-state index in [-0.39, 0.29) is 0 Å². The molecule has 0 aromatic heterocycles. The summed E-state index contributed by atoms with van der Waals surface area (Å²) < 4.78 is 5.16. The molecule has 1 aliphatic rings. The van der Waals surface area contributed by atoms with E-state index >= 15 is 0 Å². The molecule has 0 unspecified atom stereocenters. The highest BCUT2D eigenvalue weighted by Gasteiger charge is 2.09. The van der Waals surface area contributed by atoms with Gasteiger partial charge in [-0.15, -0.1) is 0 Å². The van der Waals surface area contributed by atoms with Crippen LogP contribution in [0.5, 0.6) is 0 Å². The Balaban J connectivity index is 0.000000371. The third-order valence-corrected chi connectivity index (χ3v) is 1.63. The lowest BCUT2D eigenvalue weighted by Crippen LogP contribution is -2.31. The molecule has 1 saturated heterocycles. The highest BCUT2D eigenvalue weighted by atomic mass is 16.5. The summed E-state index contributed by atoms with van der Waals surface area (Å²) in [4.78, 5) is 0. The molecule has 3 heteroatoms. The van der Waals surface area contributed by atoms with Crippen LogP contribution >= 0.6 is 0 Å². The first-order chi connectivity index (χ1) is 4.93. The molecule has 0 aliphatic carbocycles. The van der Waals surface area contributed by atoms with Crippen LogP contribution in [-0.4, -0.2) is 33.4 Å². The number of hydrogen-bond acceptors (Lipinski definition) is 3. The SMILES string of the molecule is CN.CNC1CCOCC1. The first-order valence-corrected chi connectivity index (χ1v) is 3.76. The van der Waals surface area contributed by atoms with Crippen molar-refractivity contribution < 1.29 is 4.74 Å². The van der Waals surface area contributed by atoms with Crippen LogP contribution in [0.4, 0.5) is 0 Å². The van der Waals surface area contributed by atoms with E-state index in [1.54, 1.807) is 0 Å². The van der Waals surface area contributed by atoms with Gasteiger partial charge in [-0.1, -0.05) is 0 Å². The Kier molecular flexibility index (Phi) is 6.91. The maximum absolute atomic E-state index is 5.16. The van der Waals surface area contributed by atoms with Crippen molar-refractivity contribution in [2.45, 2.75) is 18.9 Å². The van der Waals surface area contributed by atoms with Crippen LogP contribution in [0.25, 0.3) is 0 Å². The lowest BCUT2D eigenvalue weighted by molar-refractivity contribution is 0.0799. The van der Waals surface area contributed by atoms with Gasteiger partial charge in [0.1, 0.15) is 0 Å². The molecular formula is C7H18N2O. The molecular weight excluding hydrogens is 128 g/mol. The van der Waals surface area contributed by atoms with Gasteiger partial charge >= 0.3 is 0 Å². The van der Waals surface area contributed by atoms with Gasteiger partial charge < -0.3 is 15.8 Å². The van der Waals surface area contributed by atoms with Crippen molar-refractivity contribution in [2.24, 2.45) is 5.73 Å². The minimum absolute atomic E-state index is 0.712. The molecule has 0 amide bonds. The summed E-state index contributed by atoms with van der Waals surface area (Å²) in [6.07, 6.45) is 2.35. The van der Waals surface area contributed by atoms with Gasteiger partial charge in [-0.25, -0.2) is 0 Å². The van der Waals surface area contributed by atoms with E-state index in [4.69, 9.17) is 4.74 Å². The summed E-state index contributed by atoms with van der Waals surface area (Å²) in [6, 6.07) is 0.712. The summed E-state index contributed by atoms with van der Waals surface area (Å²) in [7, 11) is 3.51. The zero-order valence-electron chi connectivity index (χ0n) is 6.89. The van der Waals surface area contributed by atoms with E-state index in [1.807, 2.05) is 7.05 Å². The average molecular weight is 146 g/mol. The molecule has 3 nitrogen and oxygen atoms in total. The lowest BCUT2D eigenvalue weighted by Gasteiger charge is -2.20. The largest absolute Gasteiger partial charge is 0.381 e. The monoisotopic (exact) mass is 146 g/mol. The van der Waals surface area contributed by atoms with E-state index in [9.17, 15) is 0 Å². The smallest absolute Gasteiger partial charge is 0.0480 e. The Hall–Kier alpha value is -0.120. The fourth-order valence-corrected chi connectivity index (χ4v) is 0.986. The molecule has 1 rings (SSSR count). The molecule has 0 radical (unpaired) electrons. The molecule has 3 N–H and O–H groups in total. The summed E-state index contributed by atoms with van der Waals surface area (Å²) in [5, 5.41) is 3.22. The number of ether oxygens (including phenoxy) is 1. The highest BCUT2D eigenvalue weighted by Crippen LogP contribution is 2.04. The second kappa shape index (κ2) is 6.99. The summed E-state index contributed by atoms with van der Waals surface area (Å²) in [6.45, 7) is 1.87. The predicted molar refractivity (Wildman–Crippen MR) is 43.0 cm³/mol. The van der Waals surface area contributed by atoms with Gasteiger partial charge in [0, 0.05) is 19.3 Å². The van der Waals surface area contributed by atoms with Crippen LogP contribution in [0, 0.1) is 0 Å². The number of nitrogens with two attached hydrogens (primary N) is 1. The number of rotatable bonds is 1. The first kappa shape index (κ1) is 9.88. The normalized spacial score (nSPS) is 19.5. The highest BCUT2D eigenvalue weighted by molar-refractivity contribution is 4.66. The van der Waals surface area contributed by atoms with Gasteiger partial charge in [0.05, 0.1) is 0 Å². The van der Waals surface area contributed by atoms with Crippen molar-refractivity contribution in [3.63, 3.8) is 0 Å². The summed E-state index contributed by atoms with van der Waals surface area (Å²) in [5.41, 5.74) is 4.50. The van der Waals surface area contributed by atoms with Crippen LogP contribution in [0.15, 0.2) is 0 Å². The fourth-order valence-electron chi connectivity index (χ4n) is 0.986. The van der Waals surface area contributed by atoms with E-state index in [1.165, 1.54) is 19.9 Å². The van der Waals surface area contributed by atoms with E-state index < -0.39 is 0 Å². The van der Waals surface area contributed by atoms with Crippen LogP contribution in [0.2, 0.25) is 0 Å². The fraction of sp³-hybridized carbons (Fsp3) is 1.00. The Bertz CT molecular complexity index is 62.6. The first-order valence-electron chi connectivity index (χ1n) is 3.76. The van der Waals surface area contributed by atoms with Gasteiger partial charge in [0.25, 0.3) is 0 Å². The molecule has 1 aliphatic heterocycles. The molecule has 0 aromatic rings. The quantitative estimate of drug-likeness (QED) is 0.545. The molecule has 62 valence electrons. The Morgan fingerprint density at radius 1 is 1.30 bits per heavy atom. The number of nitrogens with one attached hydrogen (secondary N) is 1. The maximum Gasteiger partial charge on any atom is 0.0480 e. The van der Waals surface area contributed by atoms with E-state index in [0.717, 1.165) is 13.2 Å². The van der Waals surface area contributed by atoms with Crippen molar-refractivity contribution in [2.75, 3.05) is 27.3 Å². The predicted octanol–water partition coefficient (Wildman–Crippen LogP) is -0.0403. The zero-order chi connectivity index (χ0) is 7.82. The third kappa shape index (κ3) is 3.82. The van der Waals surface area contributed by atoms with Gasteiger partial charge in [-0.3, -0.25) is 0 Å². The van der Waals surface area contributed by atoms with Gasteiger partial charge in [0.15, 0.2) is 0 Å². The molecule has 0 bridgehead atoms. The van der Waals surface area contributed by atoms with Crippen LogP contribution in [-0.2, 0) is 4.74 Å². The second-order valence-corrected chi connectivity index (χ2v) is 2.18. The van der Waals surface area contributed by atoms with E-state index in [0.29, 0.717) is 6.04 Å². The molecule has 0 atom stereocenters. The molecule has 0 saturated carbocycles. The van der Waals surface area contributed by atoms with Crippen molar-refractivity contribution in [3.8, 4) is 0 Å². The van der Waals surface area contributed by atoms with Crippen molar-refractivity contribution >= 4 is 0 Å². The molecule has 1 heterocycles.